The Morgan fingerprint density at radius 3 is 2.58 bits per heavy atom. The van der Waals surface area contributed by atoms with Crippen molar-refractivity contribution in [3.8, 4) is 0 Å². The average Bonchev–Trinajstić information content (AvgIpc) is 2.61. The summed E-state index contributed by atoms with van der Waals surface area (Å²) in [4.78, 5) is 7.98. The van der Waals surface area contributed by atoms with E-state index in [4.69, 9.17) is 17.3 Å². The van der Waals surface area contributed by atoms with E-state index in [1.165, 1.54) is 5.56 Å². The summed E-state index contributed by atoms with van der Waals surface area (Å²) in [6.07, 6.45) is 4.12. The Kier molecular flexibility index (Phi) is 5.96. The summed E-state index contributed by atoms with van der Waals surface area (Å²) in [7, 11) is 0. The van der Waals surface area contributed by atoms with Gasteiger partial charge in [-0.05, 0) is 37.2 Å². The maximum atomic E-state index is 9.88. The van der Waals surface area contributed by atoms with E-state index in [2.05, 4.69) is 39.6 Å². The quantitative estimate of drug-likeness (QED) is 0.528. The first-order valence-electron chi connectivity index (χ1n) is 8.86. The lowest BCUT2D eigenvalue weighted by Gasteiger charge is -2.47. The molecule has 1 fully saturated rings. The molecular weight excluding hydrogens is 352 g/mol. The highest BCUT2D eigenvalue weighted by Gasteiger charge is 2.43. The fourth-order valence-electron chi connectivity index (χ4n) is 3.74. The van der Waals surface area contributed by atoms with E-state index < -0.39 is 0 Å². The second-order valence-corrected chi connectivity index (χ2v) is 7.53. The number of benzene rings is 1. The van der Waals surface area contributed by atoms with Gasteiger partial charge in [-0.1, -0.05) is 41.9 Å². The van der Waals surface area contributed by atoms with Crippen molar-refractivity contribution in [3.63, 3.8) is 0 Å². The lowest BCUT2D eigenvalue weighted by Crippen LogP contribution is -2.45. The van der Waals surface area contributed by atoms with Gasteiger partial charge in [0, 0.05) is 12.0 Å². The van der Waals surface area contributed by atoms with Crippen LogP contribution in [-0.4, -0.2) is 33.3 Å². The Balaban J connectivity index is 1.55. The van der Waals surface area contributed by atoms with Gasteiger partial charge in [-0.2, -0.15) is 4.98 Å². The molecule has 0 radical (unpaired) electrons. The molecule has 0 bridgehead atoms. The smallest absolute Gasteiger partial charge is 0.223 e. The molecule has 7 heteroatoms. The number of nitrogens with zero attached hydrogens (tertiary/aromatic N) is 2. The highest BCUT2D eigenvalue weighted by Crippen LogP contribution is 2.47. The summed E-state index contributed by atoms with van der Waals surface area (Å²) < 4.78 is 0. The van der Waals surface area contributed by atoms with Gasteiger partial charge >= 0.3 is 0 Å². The number of nitrogens with two attached hydrogens (primary N) is 1. The zero-order valence-electron chi connectivity index (χ0n) is 14.7. The number of anilines is 2. The summed E-state index contributed by atoms with van der Waals surface area (Å²) in [5.41, 5.74) is 7.25. The van der Waals surface area contributed by atoms with Crippen LogP contribution in [0.4, 0.5) is 11.8 Å². The van der Waals surface area contributed by atoms with Crippen molar-refractivity contribution in [2.75, 3.05) is 24.2 Å². The number of nitrogen functional groups attached to an aromatic ring is 1. The minimum absolute atomic E-state index is 0.0575. The van der Waals surface area contributed by atoms with Crippen LogP contribution in [0.5, 0.6) is 0 Å². The Morgan fingerprint density at radius 2 is 1.92 bits per heavy atom. The van der Waals surface area contributed by atoms with Gasteiger partial charge in [0.2, 0.25) is 5.95 Å². The summed E-state index contributed by atoms with van der Waals surface area (Å²) in [5, 5.41) is 22.7. The third kappa shape index (κ3) is 4.26. The molecule has 0 amide bonds. The fraction of sp³-hybridized carbons (Fsp3) is 0.474. The Hall–Kier alpha value is -1.89. The molecule has 2 aromatic rings. The standard InChI is InChI=1S/C19H25ClN4O2/c20-16-15(10-25)17(24-18(21)23-16)22-11-19(12-26)8-14(9-19)7-6-13-4-2-1-3-5-13/h1-5,14,25-26H,6-12H2,(H3,21,22,23,24). The monoisotopic (exact) mass is 376 g/mol. The zero-order valence-corrected chi connectivity index (χ0v) is 15.4. The summed E-state index contributed by atoms with van der Waals surface area (Å²) >= 11 is 6.01. The molecule has 0 unspecified atom stereocenters. The average molecular weight is 377 g/mol. The highest BCUT2D eigenvalue weighted by atomic mass is 35.5. The van der Waals surface area contributed by atoms with E-state index in [0.717, 1.165) is 25.7 Å². The van der Waals surface area contributed by atoms with Crippen molar-refractivity contribution >= 4 is 23.4 Å². The van der Waals surface area contributed by atoms with E-state index in [1.807, 2.05) is 6.07 Å². The number of halogens is 1. The van der Waals surface area contributed by atoms with Crippen molar-refractivity contribution in [2.24, 2.45) is 11.3 Å². The van der Waals surface area contributed by atoms with Crippen molar-refractivity contribution in [3.05, 3.63) is 46.6 Å². The number of aliphatic hydroxyl groups excluding tert-OH is 2. The maximum absolute atomic E-state index is 9.88. The van der Waals surface area contributed by atoms with Gasteiger partial charge in [0.1, 0.15) is 11.0 Å². The van der Waals surface area contributed by atoms with Gasteiger partial charge in [-0.25, -0.2) is 4.98 Å². The lowest BCUT2D eigenvalue weighted by molar-refractivity contribution is 0.00299. The fourth-order valence-corrected chi connectivity index (χ4v) is 3.98. The third-order valence-corrected chi connectivity index (χ3v) is 5.54. The molecule has 0 spiro atoms. The minimum atomic E-state index is -0.271. The number of rotatable bonds is 8. The number of aromatic nitrogens is 2. The van der Waals surface area contributed by atoms with Gasteiger partial charge in [-0.3, -0.25) is 0 Å². The van der Waals surface area contributed by atoms with Gasteiger partial charge in [0.05, 0.1) is 18.8 Å². The van der Waals surface area contributed by atoms with Crippen LogP contribution in [-0.2, 0) is 13.0 Å². The normalized spacial score (nSPS) is 22.0. The Morgan fingerprint density at radius 1 is 1.19 bits per heavy atom. The third-order valence-electron chi connectivity index (χ3n) is 5.23. The zero-order chi connectivity index (χ0) is 18.6. The van der Waals surface area contributed by atoms with Crippen LogP contribution in [0.25, 0.3) is 0 Å². The highest BCUT2D eigenvalue weighted by molar-refractivity contribution is 6.30. The van der Waals surface area contributed by atoms with Gasteiger partial charge < -0.3 is 21.3 Å². The van der Waals surface area contributed by atoms with Crippen molar-refractivity contribution in [1.82, 2.24) is 9.97 Å². The maximum Gasteiger partial charge on any atom is 0.223 e. The van der Waals surface area contributed by atoms with Crippen molar-refractivity contribution in [2.45, 2.75) is 32.3 Å². The minimum Gasteiger partial charge on any atom is -0.396 e. The number of nitrogens with one attached hydrogen (secondary N) is 1. The van der Waals surface area contributed by atoms with Gasteiger partial charge in [0.25, 0.3) is 0 Å². The molecule has 5 N–H and O–H groups in total. The number of hydrogen-bond acceptors (Lipinski definition) is 6. The second kappa shape index (κ2) is 8.20. The predicted octanol–water partition coefficient (Wildman–Crippen LogP) is 2.64. The first-order chi connectivity index (χ1) is 12.5. The number of hydrogen-bond donors (Lipinski definition) is 4. The lowest BCUT2D eigenvalue weighted by atomic mass is 9.61. The first kappa shape index (κ1) is 18.9. The van der Waals surface area contributed by atoms with Crippen molar-refractivity contribution < 1.29 is 10.2 Å². The molecule has 1 aromatic heterocycles. The van der Waals surface area contributed by atoms with Crippen LogP contribution in [0.3, 0.4) is 0 Å². The van der Waals surface area contributed by atoms with Crippen LogP contribution in [0.2, 0.25) is 5.15 Å². The SMILES string of the molecule is Nc1nc(Cl)c(CO)c(NCC2(CO)CC(CCc3ccccc3)C2)n1. The summed E-state index contributed by atoms with van der Waals surface area (Å²) in [5.74, 6) is 1.10. The molecule has 26 heavy (non-hydrogen) atoms. The topological polar surface area (TPSA) is 104 Å². The molecule has 3 rings (SSSR count). The van der Waals surface area contributed by atoms with Crippen LogP contribution < -0.4 is 11.1 Å². The molecule has 0 aliphatic heterocycles. The second-order valence-electron chi connectivity index (χ2n) is 7.17. The first-order valence-corrected chi connectivity index (χ1v) is 9.24. The molecule has 1 aromatic carbocycles. The van der Waals surface area contributed by atoms with E-state index in [1.54, 1.807) is 0 Å². The van der Waals surface area contributed by atoms with Crippen LogP contribution in [0.1, 0.15) is 30.4 Å². The largest absolute Gasteiger partial charge is 0.396 e. The molecule has 1 heterocycles. The predicted molar refractivity (Wildman–Crippen MR) is 103 cm³/mol. The van der Waals surface area contributed by atoms with Crippen LogP contribution >= 0.6 is 11.6 Å². The van der Waals surface area contributed by atoms with E-state index in [0.29, 0.717) is 23.8 Å². The number of aryl methyl sites for hydroxylation is 1. The van der Waals surface area contributed by atoms with Gasteiger partial charge in [0.15, 0.2) is 0 Å². The Bertz CT molecular complexity index is 736. The molecule has 1 aliphatic rings. The molecular formula is C19H25ClN4O2. The van der Waals surface area contributed by atoms with Crippen LogP contribution in [0, 0.1) is 11.3 Å². The van der Waals surface area contributed by atoms with Crippen molar-refractivity contribution in [1.29, 1.82) is 0 Å². The number of aliphatic hydroxyl groups is 2. The molecule has 1 saturated carbocycles. The van der Waals surface area contributed by atoms with E-state index in [9.17, 15) is 10.2 Å². The molecule has 6 nitrogen and oxygen atoms in total. The molecule has 140 valence electrons. The van der Waals surface area contributed by atoms with E-state index in [-0.39, 0.29) is 29.7 Å². The summed E-state index contributed by atoms with van der Waals surface area (Å²) in [6, 6.07) is 10.5. The molecule has 1 aliphatic carbocycles. The summed E-state index contributed by atoms with van der Waals surface area (Å²) in [6.45, 7) is 0.406. The van der Waals surface area contributed by atoms with E-state index >= 15 is 0 Å². The Labute approximate surface area is 158 Å². The van der Waals surface area contributed by atoms with Gasteiger partial charge in [-0.15, -0.1) is 0 Å². The van der Waals surface area contributed by atoms with Crippen LogP contribution in [0.15, 0.2) is 30.3 Å². The molecule has 0 atom stereocenters. The molecule has 0 saturated heterocycles.